The van der Waals surface area contributed by atoms with Crippen LogP contribution in [0.3, 0.4) is 0 Å². The summed E-state index contributed by atoms with van der Waals surface area (Å²) in [6.07, 6.45) is 0. The summed E-state index contributed by atoms with van der Waals surface area (Å²) in [5.41, 5.74) is 10.1. The lowest BCUT2D eigenvalue weighted by atomic mass is 9.88. The first kappa shape index (κ1) is 66.0. The van der Waals surface area contributed by atoms with Gasteiger partial charge in [-0.25, -0.2) is 19.9 Å². The molecule has 5 heterocycles. The number of hydrogen-bond acceptors (Lipinski definition) is 5. The van der Waals surface area contributed by atoms with Gasteiger partial charge in [0.15, 0.2) is 5.65 Å². The molecule has 0 saturated carbocycles. The number of pyridine rings is 5. The minimum absolute atomic E-state index is 0.0397. The maximum Gasteiger partial charge on any atom is 0.159 e. The molecule has 5 heteroatoms. The van der Waals surface area contributed by atoms with E-state index in [4.69, 9.17) is 24.9 Å². The molecule has 0 spiro atoms. The highest BCUT2D eigenvalue weighted by Crippen LogP contribution is 2.30. The zero-order valence-corrected chi connectivity index (χ0v) is 48.7. The van der Waals surface area contributed by atoms with Crippen molar-refractivity contribution in [1.29, 1.82) is 0 Å². The van der Waals surface area contributed by atoms with Gasteiger partial charge in [0.1, 0.15) is 0 Å². The van der Waals surface area contributed by atoms with E-state index in [9.17, 15) is 0 Å². The van der Waals surface area contributed by atoms with Crippen molar-refractivity contribution in [3.05, 3.63) is 113 Å². The van der Waals surface area contributed by atoms with E-state index < -0.39 is 0 Å². The molecule has 0 aliphatic carbocycles. The molecule has 0 radical (unpaired) electrons. The van der Waals surface area contributed by atoms with Crippen molar-refractivity contribution in [2.75, 3.05) is 0 Å². The maximum absolute atomic E-state index is 4.94. The molecule has 0 fully saturated rings. The monoisotopic (exact) mass is 906 g/mol. The fourth-order valence-electron chi connectivity index (χ4n) is 5.71. The lowest BCUT2D eigenvalue weighted by Gasteiger charge is -2.23. The lowest BCUT2D eigenvalue weighted by Crippen LogP contribution is -2.19. The second kappa shape index (κ2) is 29.5. The molecule has 0 bridgehead atoms. The second-order valence-corrected chi connectivity index (χ2v) is 20.9. The number of rotatable bonds is 0. The van der Waals surface area contributed by atoms with Crippen molar-refractivity contribution >= 4 is 32.8 Å². The third kappa shape index (κ3) is 21.1. The normalized spacial score (nSPS) is 11.2. The van der Waals surface area contributed by atoms with Crippen LogP contribution >= 0.6 is 0 Å². The SMILES string of the molecule is CC.CC.CC.CC.CC.CC.CC(C)(C)c1ccc2ccc(C(C)(C)C)nc2n1.CC(C)(C)c1ccc2ccc3ccc(C(C)(C)C)nc3c2n1.CC(C)(C)c1cccc(C(C)(C)C)n1. The third-order valence-electron chi connectivity index (χ3n) is 9.43. The van der Waals surface area contributed by atoms with E-state index in [1.54, 1.807) is 0 Å². The van der Waals surface area contributed by atoms with Gasteiger partial charge < -0.3 is 0 Å². The van der Waals surface area contributed by atoms with Crippen LogP contribution in [-0.2, 0) is 32.5 Å². The van der Waals surface area contributed by atoms with Crippen LogP contribution in [-0.4, -0.2) is 24.9 Å². The van der Waals surface area contributed by atoms with Gasteiger partial charge in [-0.1, -0.05) is 238 Å². The lowest BCUT2D eigenvalue weighted by molar-refractivity contribution is 0.531. The summed E-state index contributed by atoms with van der Waals surface area (Å²) >= 11 is 0. The molecule has 0 N–H and O–H groups in total. The van der Waals surface area contributed by atoms with Gasteiger partial charge in [0.05, 0.1) is 11.0 Å². The summed E-state index contributed by atoms with van der Waals surface area (Å²) in [6.45, 7) is 63.4. The maximum atomic E-state index is 4.94. The molecule has 1 aromatic carbocycles. The summed E-state index contributed by atoms with van der Waals surface area (Å²) in [5.74, 6) is 0. The van der Waals surface area contributed by atoms with Crippen LogP contribution in [0.25, 0.3) is 32.8 Å². The highest BCUT2D eigenvalue weighted by molar-refractivity contribution is 6.02. The van der Waals surface area contributed by atoms with Gasteiger partial charge in [0, 0.05) is 82.8 Å². The number of benzene rings is 1. The average molecular weight is 907 g/mol. The Morgan fingerprint density at radius 3 is 0.667 bits per heavy atom. The van der Waals surface area contributed by atoms with Crippen LogP contribution in [0.5, 0.6) is 0 Å². The minimum Gasteiger partial charge on any atom is -0.257 e. The van der Waals surface area contributed by atoms with Crippen LogP contribution in [0.4, 0.5) is 0 Å². The molecule has 0 amide bonds. The topological polar surface area (TPSA) is 64.5 Å². The van der Waals surface area contributed by atoms with Gasteiger partial charge in [0.25, 0.3) is 0 Å². The summed E-state index contributed by atoms with van der Waals surface area (Å²) in [7, 11) is 0. The summed E-state index contributed by atoms with van der Waals surface area (Å²) in [6, 6.07) is 27.6. The van der Waals surface area contributed by atoms with Crippen molar-refractivity contribution < 1.29 is 0 Å². The fourth-order valence-corrected chi connectivity index (χ4v) is 5.71. The van der Waals surface area contributed by atoms with E-state index in [1.165, 1.54) is 11.4 Å². The number of nitrogens with zero attached hydrogens (tertiary/aromatic N) is 5. The summed E-state index contributed by atoms with van der Waals surface area (Å²) < 4.78 is 0. The predicted octanol–water partition coefficient (Wildman–Crippen LogP) is 19.4. The van der Waals surface area contributed by atoms with Crippen LogP contribution < -0.4 is 0 Å². The van der Waals surface area contributed by atoms with E-state index in [0.717, 1.165) is 55.6 Å². The molecule has 372 valence electrons. The molecule has 0 saturated heterocycles. The Bertz CT molecular complexity index is 2070. The zero-order chi connectivity index (χ0) is 52.7. The molecular formula is C61H103N5. The average Bonchev–Trinajstić information content (AvgIpc) is 3.28. The van der Waals surface area contributed by atoms with Crippen LogP contribution in [0.1, 0.15) is 242 Å². The highest BCUT2D eigenvalue weighted by Gasteiger charge is 2.22. The van der Waals surface area contributed by atoms with Crippen molar-refractivity contribution in [2.24, 2.45) is 0 Å². The molecule has 6 aromatic rings. The first-order chi connectivity index (χ1) is 30.5. The molecule has 5 aromatic heterocycles. The van der Waals surface area contributed by atoms with Gasteiger partial charge in [0.2, 0.25) is 0 Å². The minimum atomic E-state index is 0.0397. The van der Waals surface area contributed by atoms with Crippen molar-refractivity contribution in [2.45, 2.75) is 240 Å². The summed E-state index contributed by atoms with van der Waals surface area (Å²) in [5, 5.41) is 3.41. The fraction of sp³-hybridized carbons (Fsp3) is 0.590. The van der Waals surface area contributed by atoms with E-state index in [2.05, 4.69) is 203 Å². The molecule has 0 aliphatic heterocycles. The second-order valence-electron chi connectivity index (χ2n) is 20.9. The largest absolute Gasteiger partial charge is 0.257 e. The number of fused-ring (bicyclic) bond motifs is 4. The van der Waals surface area contributed by atoms with E-state index in [-0.39, 0.29) is 32.5 Å². The zero-order valence-electron chi connectivity index (χ0n) is 48.7. The molecule has 6 rings (SSSR count). The van der Waals surface area contributed by atoms with Crippen molar-refractivity contribution in [3.63, 3.8) is 0 Å². The van der Waals surface area contributed by atoms with Crippen LogP contribution in [0.2, 0.25) is 0 Å². The Hall–Kier alpha value is -4.25. The van der Waals surface area contributed by atoms with Crippen molar-refractivity contribution in [3.8, 4) is 0 Å². The van der Waals surface area contributed by atoms with Gasteiger partial charge in [-0.2, -0.15) is 0 Å². The quantitative estimate of drug-likeness (QED) is 0.142. The Kier molecular flexibility index (Phi) is 29.5. The Morgan fingerprint density at radius 1 is 0.227 bits per heavy atom. The molecule has 5 nitrogen and oxygen atoms in total. The van der Waals surface area contributed by atoms with Crippen molar-refractivity contribution in [1.82, 2.24) is 24.9 Å². The Labute approximate surface area is 409 Å². The van der Waals surface area contributed by atoms with E-state index >= 15 is 0 Å². The van der Waals surface area contributed by atoms with Crippen LogP contribution in [0, 0.1) is 0 Å². The smallest absolute Gasteiger partial charge is 0.159 e. The van der Waals surface area contributed by atoms with Gasteiger partial charge in [-0.05, 0) is 48.5 Å². The highest BCUT2D eigenvalue weighted by atomic mass is 14.9. The summed E-state index contributed by atoms with van der Waals surface area (Å²) in [4.78, 5) is 24.0. The first-order valence-electron chi connectivity index (χ1n) is 25.5. The first-order valence-corrected chi connectivity index (χ1v) is 25.5. The predicted molar refractivity (Wildman–Crippen MR) is 301 cm³/mol. The van der Waals surface area contributed by atoms with E-state index in [1.807, 2.05) is 83.1 Å². The third-order valence-corrected chi connectivity index (χ3v) is 9.43. The number of aromatic nitrogens is 5. The standard InChI is InChI=1S/C20H24N2.C16H22N2.C13H21N.6C2H6/c1-19(2,3)15-11-9-13-7-8-14-10-12-16(20(4,5)6)22-18(14)17(13)21-15;1-15(2,3)12-9-7-11-8-10-13(16(4,5)6)18-14(11)17-12;1-12(2,3)10-8-7-9-11(14-10)13(4,5)6;6*1-2/h7-12H,1-6H3;7-10H,1-6H3;7-9H,1-6H3;6*1-2H3. The Morgan fingerprint density at radius 2 is 0.424 bits per heavy atom. The van der Waals surface area contributed by atoms with Gasteiger partial charge >= 0.3 is 0 Å². The molecular weight excluding hydrogens is 803 g/mol. The van der Waals surface area contributed by atoms with Gasteiger partial charge in [-0.15, -0.1) is 0 Å². The van der Waals surface area contributed by atoms with E-state index in [0.29, 0.717) is 0 Å². The molecule has 66 heavy (non-hydrogen) atoms. The molecule has 0 unspecified atom stereocenters. The molecule has 0 aliphatic rings. The molecule has 0 atom stereocenters. The van der Waals surface area contributed by atoms with Gasteiger partial charge in [-0.3, -0.25) is 4.98 Å². The Balaban J connectivity index is -0.000000822. The van der Waals surface area contributed by atoms with Crippen LogP contribution in [0.15, 0.2) is 78.9 Å². The number of hydrogen-bond donors (Lipinski definition) is 0.